The SMILES string of the molecule is CO/C(C)=C/c1cc(C=O)n(-c2ccc(Cl)cc2C(=O)c2cccc(OC)c2OC)c1. The summed E-state index contributed by atoms with van der Waals surface area (Å²) in [6.07, 6.45) is 4.29. The van der Waals surface area contributed by atoms with Gasteiger partial charge in [0.1, 0.15) is 0 Å². The fourth-order valence-corrected chi connectivity index (χ4v) is 3.46. The van der Waals surface area contributed by atoms with Gasteiger partial charge in [-0.1, -0.05) is 17.7 Å². The molecule has 1 aromatic heterocycles. The molecule has 0 bridgehead atoms. The first-order valence-corrected chi connectivity index (χ1v) is 9.76. The zero-order chi connectivity index (χ0) is 22.5. The van der Waals surface area contributed by atoms with Crippen molar-refractivity contribution >= 4 is 29.7 Å². The van der Waals surface area contributed by atoms with Crippen molar-refractivity contribution in [1.82, 2.24) is 4.57 Å². The van der Waals surface area contributed by atoms with Crippen molar-refractivity contribution in [2.24, 2.45) is 0 Å². The highest BCUT2D eigenvalue weighted by molar-refractivity contribution is 6.31. The van der Waals surface area contributed by atoms with Crippen molar-refractivity contribution in [3.63, 3.8) is 0 Å². The lowest BCUT2D eigenvalue weighted by atomic mass is 10.00. The molecular weight excluding hydrogens is 418 g/mol. The molecule has 0 amide bonds. The Hall–Kier alpha value is -3.51. The number of halogens is 1. The molecule has 0 unspecified atom stereocenters. The third-order valence-electron chi connectivity index (χ3n) is 4.79. The van der Waals surface area contributed by atoms with Crippen molar-refractivity contribution in [3.05, 3.63) is 81.8 Å². The Morgan fingerprint density at radius 3 is 2.45 bits per heavy atom. The molecule has 0 saturated carbocycles. The minimum absolute atomic E-state index is 0.316. The Bertz CT molecular complexity index is 1160. The number of hydrogen-bond acceptors (Lipinski definition) is 5. The molecule has 160 valence electrons. The van der Waals surface area contributed by atoms with E-state index in [9.17, 15) is 9.59 Å². The van der Waals surface area contributed by atoms with Crippen LogP contribution in [0.3, 0.4) is 0 Å². The van der Waals surface area contributed by atoms with Crippen LogP contribution < -0.4 is 9.47 Å². The van der Waals surface area contributed by atoms with Gasteiger partial charge in [0.05, 0.1) is 44.0 Å². The standard InChI is InChI=1S/C24H22ClNO5/c1-15(29-2)10-16-11-18(14-27)26(13-16)21-9-8-17(25)12-20(21)23(28)19-6-5-7-22(30-3)24(19)31-4/h5-14H,1-4H3/b15-10+. The van der Waals surface area contributed by atoms with Gasteiger partial charge in [-0.05, 0) is 55.0 Å². The fourth-order valence-electron chi connectivity index (χ4n) is 3.28. The molecule has 31 heavy (non-hydrogen) atoms. The highest BCUT2D eigenvalue weighted by Crippen LogP contribution is 2.34. The summed E-state index contributed by atoms with van der Waals surface area (Å²) in [5.74, 6) is 1.13. The van der Waals surface area contributed by atoms with Gasteiger partial charge in [0.25, 0.3) is 0 Å². The highest BCUT2D eigenvalue weighted by Gasteiger charge is 2.22. The number of benzene rings is 2. The fraction of sp³-hybridized carbons (Fsp3) is 0.167. The van der Waals surface area contributed by atoms with Crippen LogP contribution in [0.4, 0.5) is 0 Å². The van der Waals surface area contributed by atoms with Crippen LogP contribution in [-0.4, -0.2) is 38.0 Å². The second-order valence-electron chi connectivity index (χ2n) is 6.68. The van der Waals surface area contributed by atoms with Crippen LogP contribution in [0.15, 0.2) is 54.4 Å². The van der Waals surface area contributed by atoms with Crippen LogP contribution >= 0.6 is 11.6 Å². The zero-order valence-corrected chi connectivity index (χ0v) is 18.4. The zero-order valence-electron chi connectivity index (χ0n) is 17.6. The summed E-state index contributed by atoms with van der Waals surface area (Å²) in [7, 11) is 4.55. The smallest absolute Gasteiger partial charge is 0.199 e. The van der Waals surface area contributed by atoms with Gasteiger partial charge in [-0.25, -0.2) is 0 Å². The Kier molecular flexibility index (Phi) is 6.82. The molecule has 6 nitrogen and oxygen atoms in total. The third kappa shape index (κ3) is 4.49. The first-order chi connectivity index (χ1) is 14.9. The van der Waals surface area contributed by atoms with E-state index in [2.05, 4.69) is 0 Å². The van der Waals surface area contributed by atoms with E-state index in [1.165, 1.54) is 14.2 Å². The van der Waals surface area contributed by atoms with Crippen molar-refractivity contribution in [3.8, 4) is 17.2 Å². The number of rotatable bonds is 8. The van der Waals surface area contributed by atoms with E-state index >= 15 is 0 Å². The average molecular weight is 440 g/mol. The van der Waals surface area contributed by atoms with Gasteiger partial charge in [-0.2, -0.15) is 0 Å². The molecule has 3 rings (SSSR count). The average Bonchev–Trinajstić information content (AvgIpc) is 3.20. The molecule has 0 aliphatic carbocycles. The molecule has 0 radical (unpaired) electrons. The van der Waals surface area contributed by atoms with Gasteiger partial charge in [-0.15, -0.1) is 0 Å². The van der Waals surface area contributed by atoms with E-state index in [0.717, 1.165) is 11.8 Å². The van der Waals surface area contributed by atoms with E-state index in [1.807, 2.05) is 6.92 Å². The van der Waals surface area contributed by atoms with E-state index in [0.29, 0.717) is 44.8 Å². The van der Waals surface area contributed by atoms with Crippen LogP contribution in [-0.2, 0) is 4.74 Å². The molecule has 0 atom stereocenters. The maximum atomic E-state index is 13.5. The van der Waals surface area contributed by atoms with Crippen LogP contribution in [0.2, 0.25) is 5.02 Å². The number of allylic oxidation sites excluding steroid dienone is 1. The number of ketones is 1. The minimum Gasteiger partial charge on any atom is -0.501 e. The number of aromatic nitrogens is 1. The summed E-state index contributed by atoms with van der Waals surface area (Å²) in [6.45, 7) is 1.81. The van der Waals surface area contributed by atoms with Gasteiger partial charge in [0.2, 0.25) is 0 Å². The van der Waals surface area contributed by atoms with Gasteiger partial charge >= 0.3 is 0 Å². The van der Waals surface area contributed by atoms with E-state index in [1.54, 1.807) is 66.4 Å². The van der Waals surface area contributed by atoms with Crippen molar-refractivity contribution < 1.29 is 23.8 Å². The predicted octanol–water partition coefficient (Wildman–Crippen LogP) is 5.20. The lowest BCUT2D eigenvalue weighted by Crippen LogP contribution is -2.10. The Morgan fingerprint density at radius 2 is 1.81 bits per heavy atom. The van der Waals surface area contributed by atoms with Crippen LogP contribution in [0.25, 0.3) is 11.8 Å². The van der Waals surface area contributed by atoms with Gasteiger partial charge in [0.15, 0.2) is 23.6 Å². The van der Waals surface area contributed by atoms with Gasteiger partial charge < -0.3 is 18.8 Å². The number of carbonyl (C=O) groups excluding carboxylic acids is 2. The molecule has 1 heterocycles. The van der Waals surface area contributed by atoms with Crippen molar-refractivity contribution in [2.45, 2.75) is 6.92 Å². The number of ether oxygens (including phenoxy) is 3. The van der Waals surface area contributed by atoms with E-state index in [-0.39, 0.29) is 5.78 Å². The second kappa shape index (κ2) is 9.53. The van der Waals surface area contributed by atoms with Crippen LogP contribution in [0.1, 0.15) is 38.9 Å². The van der Waals surface area contributed by atoms with E-state index in [4.69, 9.17) is 25.8 Å². The largest absolute Gasteiger partial charge is 0.501 e. The number of nitrogens with zero attached hydrogens (tertiary/aromatic N) is 1. The monoisotopic (exact) mass is 439 g/mol. The summed E-state index contributed by atoms with van der Waals surface area (Å²) < 4.78 is 17.6. The van der Waals surface area contributed by atoms with Crippen LogP contribution in [0.5, 0.6) is 11.5 Å². The van der Waals surface area contributed by atoms with E-state index < -0.39 is 0 Å². The molecule has 0 N–H and O–H groups in total. The third-order valence-corrected chi connectivity index (χ3v) is 5.03. The maximum Gasteiger partial charge on any atom is 0.199 e. The Labute approximate surface area is 185 Å². The highest BCUT2D eigenvalue weighted by atomic mass is 35.5. The molecule has 0 saturated heterocycles. The quantitative estimate of drug-likeness (QED) is 0.274. The topological polar surface area (TPSA) is 66.8 Å². The molecular formula is C24H22ClNO5. The lowest BCUT2D eigenvalue weighted by Gasteiger charge is -2.15. The van der Waals surface area contributed by atoms with Crippen LogP contribution in [0, 0.1) is 0 Å². The molecule has 0 spiro atoms. The summed E-state index contributed by atoms with van der Waals surface area (Å²) >= 11 is 6.22. The van der Waals surface area contributed by atoms with Crippen molar-refractivity contribution in [1.29, 1.82) is 0 Å². The molecule has 0 fully saturated rings. The number of aldehydes is 1. The normalized spacial score (nSPS) is 11.2. The summed E-state index contributed by atoms with van der Waals surface area (Å²) in [5, 5.41) is 0.393. The number of methoxy groups -OCH3 is 3. The molecule has 3 aromatic rings. The Balaban J connectivity index is 2.20. The number of hydrogen-bond donors (Lipinski definition) is 0. The summed E-state index contributed by atoms with van der Waals surface area (Å²) in [6, 6.07) is 11.7. The van der Waals surface area contributed by atoms with Crippen molar-refractivity contribution in [2.75, 3.05) is 21.3 Å². The number of carbonyl (C=O) groups is 2. The number of para-hydroxylation sites is 1. The first-order valence-electron chi connectivity index (χ1n) is 9.39. The van der Waals surface area contributed by atoms with Gasteiger partial charge in [0, 0.05) is 16.8 Å². The molecule has 0 aliphatic heterocycles. The second-order valence-corrected chi connectivity index (χ2v) is 7.11. The van der Waals surface area contributed by atoms with Gasteiger partial charge in [-0.3, -0.25) is 9.59 Å². The molecule has 0 aliphatic rings. The summed E-state index contributed by atoms with van der Waals surface area (Å²) in [4.78, 5) is 25.3. The Morgan fingerprint density at radius 1 is 1.03 bits per heavy atom. The lowest BCUT2D eigenvalue weighted by molar-refractivity contribution is 0.103. The predicted molar refractivity (Wildman–Crippen MR) is 120 cm³/mol. The summed E-state index contributed by atoms with van der Waals surface area (Å²) in [5.41, 5.74) is 2.28. The maximum absolute atomic E-state index is 13.5. The first kappa shape index (κ1) is 22.2. The molecule has 2 aromatic carbocycles. The minimum atomic E-state index is -0.316. The molecule has 7 heteroatoms.